The van der Waals surface area contributed by atoms with Crippen LogP contribution >= 0.6 is 0 Å². The van der Waals surface area contributed by atoms with Gasteiger partial charge in [-0.2, -0.15) is 8.78 Å². The van der Waals surface area contributed by atoms with Gasteiger partial charge in [0.05, 0.1) is 11.9 Å². The van der Waals surface area contributed by atoms with Gasteiger partial charge in [0.1, 0.15) is 11.4 Å². The summed E-state index contributed by atoms with van der Waals surface area (Å²) in [6.45, 7) is -2.96. The molecule has 0 aliphatic heterocycles. The molecule has 0 unspecified atom stereocenters. The number of nitrogens with one attached hydrogen (secondary N) is 1. The second kappa shape index (κ2) is 5.85. The molecule has 0 spiro atoms. The maximum Gasteiger partial charge on any atom is 0.387 e. The van der Waals surface area contributed by atoms with Gasteiger partial charge in [-0.15, -0.1) is 0 Å². The number of nitrogens with zero attached hydrogens (tertiary/aromatic N) is 2. The minimum Gasteiger partial charge on any atom is -0.433 e. The number of halogens is 2. The van der Waals surface area contributed by atoms with Crippen LogP contribution in [0.4, 0.5) is 14.5 Å². The van der Waals surface area contributed by atoms with E-state index in [9.17, 15) is 13.6 Å². The number of amides is 1. The molecule has 1 aromatic carbocycles. The Morgan fingerprint density at radius 3 is 2.74 bits per heavy atom. The number of hydrogen-bond acceptors (Lipinski definition) is 4. The van der Waals surface area contributed by atoms with Crippen LogP contribution in [0, 0.1) is 0 Å². The lowest BCUT2D eigenvalue weighted by Crippen LogP contribution is -2.15. The summed E-state index contributed by atoms with van der Waals surface area (Å²) >= 11 is 0. The van der Waals surface area contributed by atoms with E-state index in [1.165, 1.54) is 36.8 Å². The Morgan fingerprint density at radius 2 is 2.05 bits per heavy atom. The third kappa shape index (κ3) is 3.44. The van der Waals surface area contributed by atoms with Crippen molar-refractivity contribution in [1.82, 2.24) is 9.97 Å². The predicted molar refractivity (Wildman–Crippen MR) is 63.1 cm³/mol. The Bertz CT molecular complexity index is 564. The van der Waals surface area contributed by atoms with Gasteiger partial charge in [0, 0.05) is 12.4 Å². The zero-order valence-corrected chi connectivity index (χ0v) is 9.59. The number of hydrogen-bond donors (Lipinski definition) is 1. The van der Waals surface area contributed by atoms with Crippen LogP contribution in [0.2, 0.25) is 0 Å². The van der Waals surface area contributed by atoms with Crippen LogP contribution in [0.3, 0.4) is 0 Å². The third-order valence-electron chi connectivity index (χ3n) is 2.15. The summed E-state index contributed by atoms with van der Waals surface area (Å²) in [5.74, 6) is -0.673. The molecule has 0 saturated heterocycles. The molecule has 0 bridgehead atoms. The summed E-state index contributed by atoms with van der Waals surface area (Å²) in [6.07, 6.45) is 4.05. The van der Waals surface area contributed by atoms with Gasteiger partial charge in [-0.25, -0.2) is 4.98 Å². The van der Waals surface area contributed by atoms with Crippen LogP contribution in [0.5, 0.6) is 5.75 Å². The average Bonchev–Trinajstić information content (AvgIpc) is 2.41. The first-order valence-corrected chi connectivity index (χ1v) is 5.28. The molecule has 0 aliphatic carbocycles. The van der Waals surface area contributed by atoms with Crippen molar-refractivity contribution in [2.75, 3.05) is 5.32 Å². The van der Waals surface area contributed by atoms with E-state index in [0.29, 0.717) is 0 Å². The van der Waals surface area contributed by atoms with Crippen LogP contribution in [-0.2, 0) is 0 Å². The van der Waals surface area contributed by atoms with E-state index in [4.69, 9.17) is 0 Å². The van der Waals surface area contributed by atoms with Crippen LogP contribution < -0.4 is 10.1 Å². The van der Waals surface area contributed by atoms with Gasteiger partial charge in [-0.1, -0.05) is 12.1 Å². The number of alkyl halides is 2. The number of carbonyl (C=O) groups excluding carboxylic acids is 1. The summed E-state index contributed by atoms with van der Waals surface area (Å²) < 4.78 is 28.7. The normalized spacial score (nSPS) is 10.3. The number of rotatable bonds is 4. The second-order valence-corrected chi connectivity index (χ2v) is 3.42. The van der Waals surface area contributed by atoms with Crippen molar-refractivity contribution >= 4 is 11.6 Å². The minimum atomic E-state index is -2.96. The number of para-hydroxylation sites is 2. The molecule has 1 heterocycles. The van der Waals surface area contributed by atoms with E-state index in [1.807, 2.05) is 0 Å². The molecule has 0 fully saturated rings. The Balaban J connectivity index is 2.17. The molecule has 2 rings (SSSR count). The second-order valence-electron chi connectivity index (χ2n) is 3.42. The number of anilines is 1. The van der Waals surface area contributed by atoms with Crippen molar-refractivity contribution in [2.45, 2.75) is 6.61 Å². The molecule has 7 heteroatoms. The van der Waals surface area contributed by atoms with Crippen molar-refractivity contribution in [3.05, 3.63) is 48.5 Å². The summed E-state index contributed by atoms with van der Waals surface area (Å²) in [7, 11) is 0. The first kappa shape index (κ1) is 12.9. The fourth-order valence-corrected chi connectivity index (χ4v) is 1.37. The van der Waals surface area contributed by atoms with Crippen molar-refractivity contribution < 1.29 is 18.3 Å². The van der Waals surface area contributed by atoms with Gasteiger partial charge in [0.25, 0.3) is 5.91 Å². The minimum absolute atomic E-state index is 0.0781. The molecule has 1 aromatic heterocycles. The Labute approximate surface area is 107 Å². The van der Waals surface area contributed by atoms with E-state index >= 15 is 0 Å². The topological polar surface area (TPSA) is 64.1 Å². The monoisotopic (exact) mass is 265 g/mol. The van der Waals surface area contributed by atoms with Crippen LogP contribution in [-0.4, -0.2) is 22.5 Å². The Morgan fingerprint density at radius 1 is 1.26 bits per heavy atom. The first-order chi connectivity index (χ1) is 9.16. The lowest BCUT2D eigenvalue weighted by Gasteiger charge is -2.11. The lowest BCUT2D eigenvalue weighted by atomic mass is 10.3. The van der Waals surface area contributed by atoms with Crippen molar-refractivity contribution in [3.63, 3.8) is 0 Å². The Kier molecular flexibility index (Phi) is 3.97. The van der Waals surface area contributed by atoms with Gasteiger partial charge in [-0.05, 0) is 12.1 Å². The van der Waals surface area contributed by atoms with E-state index in [2.05, 4.69) is 20.0 Å². The van der Waals surface area contributed by atoms with Crippen LogP contribution in [0.15, 0.2) is 42.9 Å². The van der Waals surface area contributed by atoms with Crippen LogP contribution in [0.1, 0.15) is 10.5 Å². The largest absolute Gasteiger partial charge is 0.433 e. The molecule has 19 heavy (non-hydrogen) atoms. The molecule has 0 saturated carbocycles. The summed E-state index contributed by atoms with van der Waals surface area (Å²) in [5, 5.41) is 2.43. The quantitative estimate of drug-likeness (QED) is 0.921. The fraction of sp³-hybridized carbons (Fsp3) is 0.0833. The molecule has 0 aliphatic rings. The highest BCUT2D eigenvalue weighted by atomic mass is 19.3. The van der Waals surface area contributed by atoms with E-state index in [0.717, 1.165) is 0 Å². The highest BCUT2D eigenvalue weighted by molar-refractivity contribution is 6.03. The van der Waals surface area contributed by atoms with Crippen molar-refractivity contribution in [1.29, 1.82) is 0 Å². The van der Waals surface area contributed by atoms with E-state index in [1.54, 1.807) is 6.07 Å². The van der Waals surface area contributed by atoms with E-state index in [-0.39, 0.29) is 17.1 Å². The summed E-state index contributed by atoms with van der Waals surface area (Å²) in [4.78, 5) is 19.3. The SMILES string of the molecule is O=C(Nc1ccccc1OC(F)F)c1cnccn1. The zero-order chi connectivity index (χ0) is 13.7. The first-order valence-electron chi connectivity index (χ1n) is 5.28. The van der Waals surface area contributed by atoms with E-state index < -0.39 is 12.5 Å². The summed E-state index contributed by atoms with van der Waals surface area (Å²) in [5.41, 5.74) is 0.216. The molecular formula is C12H9F2N3O2. The molecule has 98 valence electrons. The molecule has 2 aromatic rings. The number of aromatic nitrogens is 2. The van der Waals surface area contributed by atoms with Crippen molar-refractivity contribution in [2.24, 2.45) is 0 Å². The van der Waals surface area contributed by atoms with Gasteiger partial charge in [0.2, 0.25) is 0 Å². The molecule has 1 N–H and O–H groups in total. The zero-order valence-electron chi connectivity index (χ0n) is 9.59. The molecular weight excluding hydrogens is 256 g/mol. The number of ether oxygens (including phenoxy) is 1. The Hall–Kier alpha value is -2.57. The van der Waals surface area contributed by atoms with Gasteiger partial charge < -0.3 is 10.1 Å². The van der Waals surface area contributed by atoms with Gasteiger partial charge in [0.15, 0.2) is 0 Å². The van der Waals surface area contributed by atoms with Crippen molar-refractivity contribution in [3.8, 4) is 5.75 Å². The lowest BCUT2D eigenvalue weighted by molar-refractivity contribution is -0.0493. The maximum absolute atomic E-state index is 12.2. The smallest absolute Gasteiger partial charge is 0.387 e. The molecule has 0 atom stereocenters. The maximum atomic E-state index is 12.2. The molecule has 5 nitrogen and oxygen atoms in total. The fourth-order valence-electron chi connectivity index (χ4n) is 1.37. The third-order valence-corrected chi connectivity index (χ3v) is 2.15. The predicted octanol–water partition coefficient (Wildman–Crippen LogP) is 2.33. The number of benzene rings is 1. The van der Waals surface area contributed by atoms with Gasteiger partial charge >= 0.3 is 6.61 Å². The molecule has 0 radical (unpaired) electrons. The van der Waals surface area contributed by atoms with Gasteiger partial charge in [-0.3, -0.25) is 9.78 Å². The summed E-state index contributed by atoms with van der Waals surface area (Å²) in [6, 6.07) is 5.89. The average molecular weight is 265 g/mol. The highest BCUT2D eigenvalue weighted by Crippen LogP contribution is 2.25. The highest BCUT2D eigenvalue weighted by Gasteiger charge is 2.13. The molecule has 1 amide bonds. The number of carbonyl (C=O) groups is 1. The standard InChI is InChI=1S/C12H9F2N3O2/c13-12(14)19-10-4-2-1-3-8(10)17-11(18)9-7-15-5-6-16-9/h1-7,12H,(H,17,18). The van der Waals surface area contributed by atoms with Crippen LogP contribution in [0.25, 0.3) is 0 Å².